The number of anilines is 2. The van der Waals surface area contributed by atoms with E-state index in [2.05, 4.69) is 10.6 Å². The molecule has 1 aromatic carbocycles. The highest BCUT2D eigenvalue weighted by Gasteiger charge is 2.10. The van der Waals surface area contributed by atoms with Gasteiger partial charge in [0.25, 0.3) is 5.69 Å². The Balaban J connectivity index is 3.08. The summed E-state index contributed by atoms with van der Waals surface area (Å²) in [7, 11) is 0. The van der Waals surface area contributed by atoms with E-state index >= 15 is 0 Å². The van der Waals surface area contributed by atoms with Crippen LogP contribution in [0.25, 0.3) is 0 Å². The quantitative estimate of drug-likeness (QED) is 0.404. The highest BCUT2D eigenvalue weighted by atomic mass is 16.6. The molecule has 1 aromatic rings. The first kappa shape index (κ1) is 15.0. The highest BCUT2D eigenvalue weighted by molar-refractivity contribution is 5.73. The number of nitro groups is 1. The molecule has 0 saturated heterocycles. The summed E-state index contributed by atoms with van der Waals surface area (Å²) in [6.45, 7) is 0.160. The van der Waals surface area contributed by atoms with E-state index in [1.165, 1.54) is 18.2 Å². The lowest BCUT2D eigenvalue weighted by Crippen LogP contribution is -2.07. The fraction of sp³-hybridized carbons (Fsp3) is 0.167. The summed E-state index contributed by atoms with van der Waals surface area (Å²) < 4.78 is 0. The predicted molar refractivity (Wildman–Crippen MR) is 71.6 cm³/mol. The smallest absolute Gasteiger partial charge is 0.271 e. The maximum Gasteiger partial charge on any atom is 0.271 e. The first-order valence-corrected chi connectivity index (χ1v) is 5.52. The molecule has 8 heteroatoms. The highest BCUT2D eigenvalue weighted by Crippen LogP contribution is 2.27. The van der Waals surface area contributed by atoms with Crippen molar-refractivity contribution in [2.75, 3.05) is 23.8 Å². The summed E-state index contributed by atoms with van der Waals surface area (Å²) in [6.07, 6.45) is 1.16. The molecule has 0 heterocycles. The van der Waals surface area contributed by atoms with E-state index in [-0.39, 0.29) is 24.4 Å². The third kappa shape index (κ3) is 3.98. The summed E-state index contributed by atoms with van der Waals surface area (Å²) in [6, 6.07) is 7.38. The molecule has 0 bridgehead atoms. The average Bonchev–Trinajstić information content (AvgIpc) is 2.46. The van der Waals surface area contributed by atoms with Gasteiger partial charge in [-0.05, 0) is 6.07 Å². The Bertz CT molecular complexity index is 596. The molecule has 20 heavy (non-hydrogen) atoms. The standard InChI is InChI=1S/C12H11N5O3/c13-6-9(7-14)8-16-12-5-10(17(19)20)1-2-11(12)15-3-4-18/h1-2,5,8,15-16,18H,3-4H2. The topological polar surface area (TPSA) is 135 Å². The van der Waals surface area contributed by atoms with Crippen LogP contribution in [0, 0.1) is 32.8 Å². The van der Waals surface area contributed by atoms with Crippen molar-refractivity contribution in [1.82, 2.24) is 0 Å². The maximum atomic E-state index is 10.7. The first-order valence-electron chi connectivity index (χ1n) is 5.52. The lowest BCUT2D eigenvalue weighted by atomic mass is 10.2. The van der Waals surface area contributed by atoms with Crippen molar-refractivity contribution >= 4 is 17.1 Å². The van der Waals surface area contributed by atoms with E-state index in [4.69, 9.17) is 15.6 Å². The number of aliphatic hydroxyl groups excluding tert-OH is 1. The minimum absolute atomic E-state index is 0.103. The van der Waals surface area contributed by atoms with E-state index in [0.717, 1.165) is 6.20 Å². The Kier molecular flexibility index (Phi) is 5.51. The zero-order valence-corrected chi connectivity index (χ0v) is 10.3. The fourth-order valence-corrected chi connectivity index (χ4v) is 1.35. The molecule has 8 nitrogen and oxygen atoms in total. The van der Waals surface area contributed by atoms with E-state index < -0.39 is 4.92 Å². The van der Waals surface area contributed by atoms with Gasteiger partial charge in [0, 0.05) is 24.9 Å². The van der Waals surface area contributed by atoms with Crippen molar-refractivity contribution in [3.05, 3.63) is 40.1 Å². The Morgan fingerprint density at radius 1 is 1.40 bits per heavy atom. The fourth-order valence-electron chi connectivity index (χ4n) is 1.35. The minimum atomic E-state index is -0.555. The van der Waals surface area contributed by atoms with Gasteiger partial charge in [-0.2, -0.15) is 10.5 Å². The normalized spacial score (nSPS) is 8.95. The SMILES string of the molecule is N#CC(C#N)=CNc1cc([N+](=O)[O-])ccc1NCCO. The van der Waals surface area contributed by atoms with Gasteiger partial charge in [-0.3, -0.25) is 10.1 Å². The lowest BCUT2D eigenvalue weighted by Gasteiger charge is -2.10. The molecule has 0 aliphatic carbocycles. The van der Waals surface area contributed by atoms with Crippen LogP contribution in [-0.2, 0) is 0 Å². The lowest BCUT2D eigenvalue weighted by molar-refractivity contribution is -0.384. The minimum Gasteiger partial charge on any atom is -0.395 e. The molecule has 0 atom stereocenters. The summed E-state index contributed by atoms with van der Waals surface area (Å²) in [4.78, 5) is 10.2. The number of nitrogens with one attached hydrogen (secondary N) is 2. The number of non-ortho nitro benzene ring substituents is 1. The second kappa shape index (κ2) is 7.36. The third-order valence-corrected chi connectivity index (χ3v) is 2.25. The second-order valence-corrected chi connectivity index (χ2v) is 3.56. The van der Waals surface area contributed by atoms with Crippen molar-refractivity contribution in [3.8, 4) is 12.1 Å². The molecule has 0 saturated carbocycles. The molecule has 102 valence electrons. The van der Waals surface area contributed by atoms with E-state index in [0.29, 0.717) is 11.4 Å². The van der Waals surface area contributed by atoms with Gasteiger partial charge >= 0.3 is 0 Å². The molecule has 0 aromatic heterocycles. The molecule has 0 radical (unpaired) electrons. The summed E-state index contributed by atoms with van der Waals surface area (Å²) in [5.41, 5.74) is 0.544. The number of rotatable bonds is 6. The number of nitro benzene ring substituents is 1. The molecule has 3 N–H and O–H groups in total. The van der Waals surface area contributed by atoms with Gasteiger partial charge in [0.05, 0.1) is 22.9 Å². The molecule has 0 unspecified atom stereocenters. The molecule has 0 fully saturated rings. The van der Waals surface area contributed by atoms with Crippen LogP contribution < -0.4 is 10.6 Å². The third-order valence-electron chi connectivity index (χ3n) is 2.25. The van der Waals surface area contributed by atoms with Gasteiger partial charge in [0.15, 0.2) is 0 Å². The zero-order valence-electron chi connectivity index (χ0n) is 10.3. The van der Waals surface area contributed by atoms with E-state index in [1.807, 2.05) is 0 Å². The Hall–Kier alpha value is -3.10. The van der Waals surface area contributed by atoms with Crippen LogP contribution in [0.1, 0.15) is 0 Å². The van der Waals surface area contributed by atoms with Crippen LogP contribution in [0.4, 0.5) is 17.1 Å². The molecule has 0 spiro atoms. The molecule has 1 rings (SSSR count). The maximum absolute atomic E-state index is 10.7. The van der Waals surface area contributed by atoms with Crippen molar-refractivity contribution in [2.45, 2.75) is 0 Å². The van der Waals surface area contributed by atoms with Gasteiger partial charge in [-0.1, -0.05) is 0 Å². The van der Waals surface area contributed by atoms with Crippen molar-refractivity contribution in [2.24, 2.45) is 0 Å². The van der Waals surface area contributed by atoms with Gasteiger partial charge < -0.3 is 15.7 Å². The Morgan fingerprint density at radius 3 is 2.65 bits per heavy atom. The monoisotopic (exact) mass is 273 g/mol. The Labute approximate surface area is 114 Å². The Morgan fingerprint density at radius 2 is 2.10 bits per heavy atom. The van der Waals surface area contributed by atoms with Gasteiger partial charge in [-0.25, -0.2) is 0 Å². The second-order valence-electron chi connectivity index (χ2n) is 3.56. The van der Waals surface area contributed by atoms with Crippen molar-refractivity contribution in [1.29, 1.82) is 10.5 Å². The van der Waals surface area contributed by atoms with Crippen LogP contribution in [0.15, 0.2) is 30.0 Å². The van der Waals surface area contributed by atoms with Crippen LogP contribution in [0.5, 0.6) is 0 Å². The van der Waals surface area contributed by atoms with Crippen molar-refractivity contribution in [3.63, 3.8) is 0 Å². The van der Waals surface area contributed by atoms with Gasteiger partial charge in [0.1, 0.15) is 17.7 Å². The van der Waals surface area contributed by atoms with Crippen LogP contribution >= 0.6 is 0 Å². The number of hydrogen-bond donors (Lipinski definition) is 3. The molecular weight excluding hydrogens is 262 g/mol. The molecule has 0 aliphatic heterocycles. The number of allylic oxidation sites excluding steroid dienone is 1. The van der Waals surface area contributed by atoms with Gasteiger partial charge in [-0.15, -0.1) is 0 Å². The van der Waals surface area contributed by atoms with Gasteiger partial charge in [0.2, 0.25) is 0 Å². The summed E-state index contributed by atoms with van der Waals surface area (Å²) >= 11 is 0. The summed E-state index contributed by atoms with van der Waals surface area (Å²) in [5.74, 6) is 0. The largest absolute Gasteiger partial charge is 0.395 e. The number of nitriles is 2. The van der Waals surface area contributed by atoms with Crippen LogP contribution in [0.3, 0.4) is 0 Å². The molecule has 0 aliphatic rings. The zero-order chi connectivity index (χ0) is 15.0. The van der Waals surface area contributed by atoms with Crippen molar-refractivity contribution < 1.29 is 10.0 Å². The number of benzene rings is 1. The molecule has 0 amide bonds. The van der Waals surface area contributed by atoms with E-state index in [9.17, 15) is 10.1 Å². The molecular formula is C12H11N5O3. The predicted octanol–water partition coefficient (Wildman–Crippen LogP) is 1.34. The average molecular weight is 273 g/mol. The van der Waals surface area contributed by atoms with Crippen LogP contribution in [-0.4, -0.2) is 23.2 Å². The number of aliphatic hydroxyl groups is 1. The number of hydrogen-bond acceptors (Lipinski definition) is 7. The van der Waals surface area contributed by atoms with E-state index in [1.54, 1.807) is 12.1 Å². The van der Waals surface area contributed by atoms with Crippen LogP contribution in [0.2, 0.25) is 0 Å². The number of nitrogens with zero attached hydrogens (tertiary/aromatic N) is 3. The summed E-state index contributed by atoms with van der Waals surface area (Å²) in [5, 5.41) is 42.3. The first-order chi connectivity index (χ1) is 9.62.